The fourth-order valence-corrected chi connectivity index (χ4v) is 1.88. The fraction of sp³-hybridized carbons (Fsp3) is 0.188. The van der Waals surface area contributed by atoms with Crippen LogP contribution in [-0.4, -0.2) is 44.1 Å². The molecule has 10 N–H and O–H groups in total. The third-order valence-corrected chi connectivity index (χ3v) is 3.14. The van der Waals surface area contributed by atoms with Crippen molar-refractivity contribution in [3.8, 4) is 0 Å². The predicted octanol–water partition coefficient (Wildman–Crippen LogP) is -5.34. The van der Waals surface area contributed by atoms with Crippen LogP contribution in [0.1, 0.15) is 6.92 Å². The van der Waals surface area contributed by atoms with Crippen molar-refractivity contribution in [3.63, 3.8) is 0 Å². The molecule has 0 aliphatic heterocycles. The average Bonchev–Trinajstić information content (AvgIpc) is 2.54. The Labute approximate surface area is 172 Å². The van der Waals surface area contributed by atoms with E-state index in [0.29, 0.717) is 0 Å². The van der Waals surface area contributed by atoms with Gasteiger partial charge in [0.2, 0.25) is 0 Å². The third-order valence-electron chi connectivity index (χ3n) is 3.14. The summed E-state index contributed by atoms with van der Waals surface area (Å²) in [5, 5.41) is 20.5. The van der Waals surface area contributed by atoms with Gasteiger partial charge in [-0.3, -0.25) is 9.97 Å². The number of carboxylic acids is 1. The Morgan fingerprint density at radius 1 is 1.04 bits per heavy atom. The molecule has 0 spiro atoms. The first kappa shape index (κ1) is 32.8. The van der Waals surface area contributed by atoms with Crippen LogP contribution in [-0.2, 0) is 27.3 Å². The molecule has 0 unspecified atom stereocenters. The number of rotatable bonds is 2. The predicted molar refractivity (Wildman–Crippen MR) is 93.8 cm³/mol. The molecule has 2 aromatic heterocycles. The first-order chi connectivity index (χ1) is 10.5. The summed E-state index contributed by atoms with van der Waals surface area (Å²) in [5.41, 5.74) is 6.80. The summed E-state index contributed by atoms with van der Waals surface area (Å²) in [7, 11) is 0. The molecule has 9 nitrogen and oxygen atoms in total. The summed E-state index contributed by atoms with van der Waals surface area (Å²) in [4.78, 5) is 18.4. The van der Waals surface area contributed by atoms with Crippen molar-refractivity contribution < 1.29 is 60.9 Å². The van der Waals surface area contributed by atoms with Gasteiger partial charge in [0.05, 0.1) is 29.1 Å². The quantitative estimate of drug-likeness (QED) is 0.220. The Hall–Kier alpha value is -1.88. The van der Waals surface area contributed by atoms with Crippen molar-refractivity contribution in [2.45, 2.75) is 19.1 Å². The summed E-state index contributed by atoms with van der Waals surface area (Å²) in [6.45, 7) is 1.29. The topological polar surface area (TPSA) is 208 Å². The average molecular weight is 452 g/mol. The van der Waals surface area contributed by atoms with E-state index >= 15 is 0 Å². The number of carbonyl (C=O) groups is 1. The number of carboxylic acid groups (broad SMARTS) is 1. The largest absolute Gasteiger partial charge is 2.00 e. The number of fused-ring (bicyclic) bond motifs is 3. The second-order valence-electron chi connectivity index (χ2n) is 4.80. The Morgan fingerprint density at radius 3 is 1.67 bits per heavy atom. The number of aliphatic carboxylic acids is 1. The Kier molecular flexibility index (Phi) is 18.4. The van der Waals surface area contributed by atoms with Gasteiger partial charge in [-0.05, 0) is 19.1 Å². The zero-order chi connectivity index (χ0) is 16.1. The molecule has 0 saturated carbocycles. The minimum absolute atomic E-state index is 0. The van der Waals surface area contributed by atoms with E-state index in [0.717, 1.165) is 21.8 Å². The maximum Gasteiger partial charge on any atom is 2.00 e. The van der Waals surface area contributed by atoms with Crippen molar-refractivity contribution in [2.24, 2.45) is 5.73 Å². The van der Waals surface area contributed by atoms with Crippen molar-refractivity contribution in [1.82, 2.24) is 9.97 Å². The first-order valence-corrected chi connectivity index (χ1v) is 6.73. The van der Waals surface area contributed by atoms with Gasteiger partial charge in [-0.1, -0.05) is 24.3 Å². The van der Waals surface area contributed by atoms with E-state index in [2.05, 4.69) is 34.2 Å². The molecule has 1 radical (unpaired) electrons. The summed E-state index contributed by atoms with van der Waals surface area (Å²) in [5.74, 6) is -1.43. The molecule has 0 aliphatic carbocycles. The van der Waals surface area contributed by atoms with Gasteiger partial charge in [0.15, 0.2) is 0 Å². The van der Waals surface area contributed by atoms with Crippen LogP contribution in [0.3, 0.4) is 0 Å². The van der Waals surface area contributed by atoms with Crippen LogP contribution in [0.2, 0.25) is 0 Å². The van der Waals surface area contributed by atoms with Crippen LogP contribution >= 0.6 is 0 Å². The van der Waals surface area contributed by atoms with Crippen LogP contribution in [0.15, 0.2) is 48.8 Å². The van der Waals surface area contributed by atoms with Crippen LogP contribution < -0.4 is 23.2 Å². The maximum absolute atomic E-state index is 9.74. The summed E-state index contributed by atoms with van der Waals surface area (Å²) in [6.07, 6.45) is 2.56. The number of aromatic nitrogens is 2. The number of carbonyl (C=O) groups excluding carboxylic acids is 1. The minimum Gasteiger partial charge on any atom is -1.00 e. The zero-order valence-corrected chi connectivity index (χ0v) is 16.0. The van der Waals surface area contributed by atoms with Crippen molar-refractivity contribution in [2.75, 3.05) is 0 Å². The molecule has 3 aromatic rings. The second-order valence-corrected chi connectivity index (χ2v) is 4.80. The van der Waals surface area contributed by atoms with Gasteiger partial charge in [0.25, 0.3) is 0 Å². The van der Waals surface area contributed by atoms with E-state index in [9.17, 15) is 9.90 Å². The summed E-state index contributed by atoms with van der Waals surface area (Å²) in [6, 6.07) is 10.9. The van der Waals surface area contributed by atoms with E-state index < -0.39 is 18.1 Å². The summed E-state index contributed by atoms with van der Waals surface area (Å²) >= 11 is 0. The Morgan fingerprint density at radius 2 is 1.41 bits per heavy atom. The molecule has 0 aliphatic rings. The van der Waals surface area contributed by atoms with Crippen LogP contribution in [0, 0.1) is 0 Å². The van der Waals surface area contributed by atoms with Gasteiger partial charge in [-0.25, -0.2) is 0 Å². The van der Waals surface area contributed by atoms with E-state index in [1.807, 2.05) is 12.1 Å². The van der Waals surface area contributed by atoms with E-state index in [1.165, 1.54) is 6.92 Å². The Bertz CT molecular complexity index is 754. The summed E-state index contributed by atoms with van der Waals surface area (Å²) < 4.78 is 0. The van der Waals surface area contributed by atoms with Crippen LogP contribution in [0.25, 0.3) is 21.8 Å². The van der Waals surface area contributed by atoms with E-state index in [4.69, 9.17) is 10.8 Å². The number of benzene rings is 1. The molecule has 2 heterocycles. The molecule has 0 fully saturated rings. The molecule has 0 bridgehead atoms. The SMILES string of the molecule is C[C@H](O)[C@@H](N)C(=O)[O-].O.O.[Cl-].[Cu+2].[OH3+].c1cnc2c(c1)ccc1cccnc12. The minimum atomic E-state index is -1.43. The molecule has 27 heavy (non-hydrogen) atoms. The Balaban J connectivity index is -0.000000184. The smallest absolute Gasteiger partial charge is 1.00 e. The van der Waals surface area contributed by atoms with E-state index in [1.54, 1.807) is 12.4 Å². The molecule has 155 valence electrons. The fourth-order valence-electron chi connectivity index (χ4n) is 1.88. The number of nitrogens with zero attached hydrogens (tertiary/aromatic N) is 2. The number of hydrogen-bond donors (Lipinski definition) is 2. The number of halogens is 1. The number of aliphatic hydroxyl groups is 1. The van der Waals surface area contributed by atoms with Crippen LogP contribution in [0.5, 0.6) is 0 Å². The van der Waals surface area contributed by atoms with Gasteiger partial charge < -0.3 is 49.6 Å². The second kappa shape index (κ2) is 15.2. The molecule has 2 atom stereocenters. The van der Waals surface area contributed by atoms with Crippen molar-refractivity contribution in [3.05, 3.63) is 48.8 Å². The number of pyridine rings is 2. The van der Waals surface area contributed by atoms with Gasteiger partial charge in [-0.2, -0.15) is 0 Å². The molecule has 0 amide bonds. The van der Waals surface area contributed by atoms with E-state index in [-0.39, 0.29) is 45.9 Å². The molecular weight excluding hydrogens is 429 g/mol. The number of nitrogens with two attached hydrogens (primary N) is 1. The normalized spacial score (nSPS) is 10.8. The third kappa shape index (κ3) is 8.56. The van der Waals surface area contributed by atoms with Crippen molar-refractivity contribution in [1.29, 1.82) is 0 Å². The molecule has 1 aromatic carbocycles. The van der Waals surface area contributed by atoms with Crippen molar-refractivity contribution >= 4 is 27.8 Å². The zero-order valence-electron chi connectivity index (χ0n) is 14.3. The van der Waals surface area contributed by atoms with Gasteiger partial charge in [0, 0.05) is 23.2 Å². The van der Waals surface area contributed by atoms with Gasteiger partial charge in [0.1, 0.15) is 0 Å². The molecular formula is C16H23ClCuN3O6+. The maximum atomic E-state index is 9.74. The monoisotopic (exact) mass is 451 g/mol. The molecule has 0 saturated heterocycles. The standard InChI is InChI=1S/C12H8N2.C4H9NO3.ClH.Cu.3H2O/c1-3-9-5-6-10-4-2-8-14-12(10)11(9)13-7-1;1-2(6)3(5)4(7)8;;;;;/h1-8H;2-3,6H,5H2,1H3,(H,7,8);1H;;3*1H2/q;;;+2;;;/p-1/t;2-,3+;;;;;/m.0...../s1. The first-order valence-electron chi connectivity index (χ1n) is 6.73. The number of aliphatic hydroxyl groups excluding tert-OH is 1. The number of hydrogen-bond acceptors (Lipinski definition) is 6. The molecule has 3 rings (SSSR count). The van der Waals surface area contributed by atoms with Gasteiger partial charge >= 0.3 is 17.1 Å². The van der Waals surface area contributed by atoms with Gasteiger partial charge in [-0.15, -0.1) is 0 Å². The van der Waals surface area contributed by atoms with Crippen LogP contribution in [0.4, 0.5) is 0 Å². The molecule has 11 heteroatoms.